The van der Waals surface area contributed by atoms with E-state index >= 15 is 0 Å². The Morgan fingerprint density at radius 3 is 2.71 bits per heavy atom. The molecule has 1 amide bonds. The number of rotatable bonds is 4. The number of nitrogens with one attached hydrogen (secondary N) is 1. The maximum atomic E-state index is 12.3. The summed E-state index contributed by atoms with van der Waals surface area (Å²) in [5, 5.41) is 13.9. The van der Waals surface area contributed by atoms with Crippen LogP contribution in [0.3, 0.4) is 0 Å². The first-order valence-corrected chi connectivity index (χ1v) is 7.74. The fourth-order valence-corrected chi connectivity index (χ4v) is 3.24. The molecule has 1 N–H and O–H groups in total. The van der Waals surface area contributed by atoms with Crippen LogP contribution >= 0.6 is 23.2 Å². The first-order valence-electron chi connectivity index (χ1n) is 6.83. The van der Waals surface area contributed by atoms with Crippen LogP contribution in [-0.4, -0.2) is 22.8 Å². The highest BCUT2D eigenvalue weighted by molar-refractivity contribution is 6.31. The third-order valence-electron chi connectivity index (χ3n) is 3.78. The number of carbonyl (C=O) groups excluding carboxylic acids is 1. The normalized spacial score (nSPS) is 21.8. The molecule has 1 aliphatic rings. The molecule has 2 atom stereocenters. The number of nitro benzene ring substituents is 1. The second-order valence-electron chi connectivity index (χ2n) is 5.23. The molecule has 0 aromatic heterocycles. The van der Waals surface area contributed by atoms with E-state index in [-0.39, 0.29) is 34.1 Å². The van der Waals surface area contributed by atoms with Crippen LogP contribution in [-0.2, 0) is 0 Å². The highest BCUT2D eigenvalue weighted by Crippen LogP contribution is 2.26. The molecule has 1 aliphatic carbocycles. The molecular formula is C14H16Cl2N2O3. The number of alkyl halides is 1. The predicted octanol–water partition coefficient (Wildman–Crippen LogP) is 3.78. The zero-order chi connectivity index (χ0) is 15.4. The quantitative estimate of drug-likeness (QED) is 0.518. The van der Waals surface area contributed by atoms with E-state index < -0.39 is 4.92 Å². The summed E-state index contributed by atoms with van der Waals surface area (Å²) in [5.74, 6) is 0.404. The minimum Gasteiger partial charge on any atom is -0.349 e. The SMILES string of the molecule is O=C(NC1CCCCC1CCl)c1cc(Cl)cc([N+](=O)[O-])c1. The molecule has 2 unspecified atom stereocenters. The van der Waals surface area contributed by atoms with Gasteiger partial charge in [-0.1, -0.05) is 24.4 Å². The summed E-state index contributed by atoms with van der Waals surface area (Å²) in [4.78, 5) is 22.5. The first kappa shape index (κ1) is 16.0. The van der Waals surface area contributed by atoms with E-state index in [1.807, 2.05) is 0 Å². The lowest BCUT2D eigenvalue weighted by Gasteiger charge is -2.30. The van der Waals surface area contributed by atoms with Crippen molar-refractivity contribution < 1.29 is 9.72 Å². The predicted molar refractivity (Wildman–Crippen MR) is 82.0 cm³/mol. The van der Waals surface area contributed by atoms with Crippen molar-refractivity contribution in [2.24, 2.45) is 5.92 Å². The fourth-order valence-electron chi connectivity index (χ4n) is 2.64. The van der Waals surface area contributed by atoms with Crippen LogP contribution < -0.4 is 5.32 Å². The molecule has 0 radical (unpaired) electrons. The van der Waals surface area contributed by atoms with Crippen LogP contribution in [0.4, 0.5) is 5.69 Å². The van der Waals surface area contributed by atoms with E-state index in [2.05, 4.69) is 5.32 Å². The summed E-state index contributed by atoms with van der Waals surface area (Å²) in [6, 6.07) is 3.91. The molecule has 2 rings (SSSR count). The molecule has 1 saturated carbocycles. The number of carbonyl (C=O) groups is 1. The van der Waals surface area contributed by atoms with Crippen LogP contribution in [0.25, 0.3) is 0 Å². The zero-order valence-electron chi connectivity index (χ0n) is 11.4. The standard InChI is InChI=1S/C14H16Cl2N2O3/c15-8-9-3-1-2-4-13(9)17-14(19)10-5-11(16)7-12(6-10)18(20)21/h5-7,9,13H,1-4,8H2,(H,17,19). The number of nitrogens with zero attached hydrogens (tertiary/aromatic N) is 1. The van der Waals surface area contributed by atoms with Gasteiger partial charge in [0.2, 0.25) is 0 Å². The highest BCUT2D eigenvalue weighted by Gasteiger charge is 2.26. The number of halogens is 2. The van der Waals surface area contributed by atoms with Crippen molar-refractivity contribution in [3.05, 3.63) is 38.9 Å². The van der Waals surface area contributed by atoms with E-state index in [0.717, 1.165) is 25.7 Å². The Morgan fingerprint density at radius 2 is 2.05 bits per heavy atom. The monoisotopic (exact) mass is 330 g/mol. The minimum atomic E-state index is -0.565. The molecular weight excluding hydrogens is 315 g/mol. The lowest BCUT2D eigenvalue weighted by Crippen LogP contribution is -2.42. The van der Waals surface area contributed by atoms with Crippen molar-refractivity contribution in [1.29, 1.82) is 0 Å². The first-order chi connectivity index (χ1) is 10.0. The Hall–Kier alpha value is -1.33. The average molecular weight is 331 g/mol. The van der Waals surface area contributed by atoms with Crippen LogP contribution in [0.15, 0.2) is 18.2 Å². The van der Waals surface area contributed by atoms with E-state index in [9.17, 15) is 14.9 Å². The number of amides is 1. The third-order valence-corrected chi connectivity index (χ3v) is 4.39. The van der Waals surface area contributed by atoms with Crippen molar-refractivity contribution in [2.45, 2.75) is 31.7 Å². The average Bonchev–Trinajstić information content (AvgIpc) is 2.47. The van der Waals surface area contributed by atoms with Crippen molar-refractivity contribution in [3.63, 3.8) is 0 Å². The lowest BCUT2D eigenvalue weighted by atomic mass is 9.85. The second kappa shape index (κ2) is 7.09. The lowest BCUT2D eigenvalue weighted by molar-refractivity contribution is -0.384. The van der Waals surface area contributed by atoms with Gasteiger partial charge in [0, 0.05) is 34.6 Å². The molecule has 114 valence electrons. The van der Waals surface area contributed by atoms with Gasteiger partial charge < -0.3 is 5.32 Å². The van der Waals surface area contributed by atoms with Gasteiger partial charge in [0.15, 0.2) is 0 Å². The summed E-state index contributed by atoms with van der Waals surface area (Å²) in [5.41, 5.74) is 0.0123. The van der Waals surface area contributed by atoms with Crippen LogP contribution in [0.2, 0.25) is 5.02 Å². The van der Waals surface area contributed by atoms with Gasteiger partial charge in [0.05, 0.1) is 4.92 Å². The van der Waals surface area contributed by atoms with Gasteiger partial charge >= 0.3 is 0 Å². The highest BCUT2D eigenvalue weighted by atomic mass is 35.5. The van der Waals surface area contributed by atoms with Gasteiger partial charge in [-0.05, 0) is 24.8 Å². The summed E-state index contributed by atoms with van der Waals surface area (Å²) >= 11 is 11.8. The van der Waals surface area contributed by atoms with Gasteiger partial charge in [-0.15, -0.1) is 11.6 Å². The largest absolute Gasteiger partial charge is 0.349 e. The van der Waals surface area contributed by atoms with Crippen molar-refractivity contribution >= 4 is 34.8 Å². The molecule has 7 heteroatoms. The van der Waals surface area contributed by atoms with E-state index in [0.29, 0.717) is 5.88 Å². The summed E-state index contributed by atoms with van der Waals surface area (Å²) in [6.07, 6.45) is 4.04. The van der Waals surface area contributed by atoms with Gasteiger partial charge in [-0.25, -0.2) is 0 Å². The third kappa shape index (κ3) is 4.08. The summed E-state index contributed by atoms with van der Waals surface area (Å²) < 4.78 is 0. The second-order valence-corrected chi connectivity index (χ2v) is 5.98. The molecule has 0 bridgehead atoms. The number of benzene rings is 1. The van der Waals surface area contributed by atoms with E-state index in [1.165, 1.54) is 18.2 Å². The van der Waals surface area contributed by atoms with E-state index in [4.69, 9.17) is 23.2 Å². The maximum Gasteiger partial charge on any atom is 0.271 e. The molecule has 0 saturated heterocycles. The number of hydrogen-bond donors (Lipinski definition) is 1. The van der Waals surface area contributed by atoms with Crippen molar-refractivity contribution in [2.75, 3.05) is 5.88 Å². The number of hydrogen-bond acceptors (Lipinski definition) is 3. The fraction of sp³-hybridized carbons (Fsp3) is 0.500. The zero-order valence-corrected chi connectivity index (χ0v) is 12.9. The van der Waals surface area contributed by atoms with Gasteiger partial charge in [0.1, 0.15) is 0 Å². The molecule has 0 aliphatic heterocycles. The van der Waals surface area contributed by atoms with Crippen LogP contribution in [0.1, 0.15) is 36.0 Å². The molecule has 0 heterocycles. The Balaban J connectivity index is 2.14. The molecule has 1 aromatic rings. The number of nitro groups is 1. The van der Waals surface area contributed by atoms with Gasteiger partial charge in [-0.2, -0.15) is 0 Å². The van der Waals surface area contributed by atoms with Gasteiger partial charge in [0.25, 0.3) is 11.6 Å². The van der Waals surface area contributed by atoms with Crippen LogP contribution in [0.5, 0.6) is 0 Å². The van der Waals surface area contributed by atoms with Gasteiger partial charge in [-0.3, -0.25) is 14.9 Å². The summed E-state index contributed by atoms with van der Waals surface area (Å²) in [7, 11) is 0. The van der Waals surface area contributed by atoms with Crippen molar-refractivity contribution in [3.8, 4) is 0 Å². The number of non-ortho nitro benzene ring substituents is 1. The smallest absolute Gasteiger partial charge is 0.271 e. The molecule has 1 fully saturated rings. The Morgan fingerprint density at radius 1 is 1.33 bits per heavy atom. The molecule has 5 nitrogen and oxygen atoms in total. The Kier molecular flexibility index (Phi) is 5.42. The van der Waals surface area contributed by atoms with Crippen molar-refractivity contribution in [1.82, 2.24) is 5.32 Å². The van der Waals surface area contributed by atoms with Crippen LogP contribution in [0, 0.1) is 16.0 Å². The maximum absolute atomic E-state index is 12.3. The van der Waals surface area contributed by atoms with E-state index in [1.54, 1.807) is 0 Å². The summed E-state index contributed by atoms with van der Waals surface area (Å²) in [6.45, 7) is 0. The molecule has 21 heavy (non-hydrogen) atoms. The molecule has 0 spiro atoms. The Labute approximate surface area is 132 Å². The Bertz CT molecular complexity index is 551. The topological polar surface area (TPSA) is 72.2 Å². The minimum absolute atomic E-state index is 0.0155. The molecule has 1 aromatic carbocycles.